The van der Waals surface area contributed by atoms with Crippen molar-refractivity contribution < 1.29 is 13.3 Å². The number of H-pyrrole nitrogens is 2. The smallest absolute Gasteiger partial charge is 0.152 e. The van der Waals surface area contributed by atoms with Gasteiger partial charge in [-0.25, -0.2) is 0 Å². The lowest BCUT2D eigenvalue weighted by Crippen LogP contribution is -2.11. The molecule has 12 rings (SSSR count). The van der Waals surface area contributed by atoms with Crippen molar-refractivity contribution in [2.24, 2.45) is 0 Å². The molecule has 0 aliphatic heterocycles. The maximum Gasteiger partial charge on any atom is 0.152 e. The summed E-state index contributed by atoms with van der Waals surface area (Å²) in [5.74, 6) is 2.11. The van der Waals surface area contributed by atoms with Crippen molar-refractivity contribution in [2.75, 3.05) is 0 Å². The Bertz CT molecular complexity index is 3640. The standard InChI is InChI=1S/C14H21NO.C14H21NS.2C14H20OS.2C14H20S2/c2*1-13(2,3)11-8-10-9(15-11)7-12(16-10)14(4,5)6;1-13(2,3)9-7-15-11-10(14(4,5)6)8-16-12(9)11;1-13(2,3)11-8-10-9(15-11)7-12(16-10)14(4,5)6;1-13(2,3)9-7-15-12-10(14(4,5)6)8-16-11(9)12;1-13(2,3)11-7-9-10(15-11)8-12(16-9)14(4,5)6/h2*7-8,15H,1-6H3;4*7-8H,1-6H3. The molecule has 0 spiro atoms. The predicted molar refractivity (Wildman–Crippen MR) is 439 cm³/mol. The van der Waals surface area contributed by atoms with Crippen LogP contribution in [0.4, 0.5) is 0 Å². The van der Waals surface area contributed by atoms with Crippen LogP contribution in [-0.2, 0) is 65.0 Å². The summed E-state index contributed by atoms with van der Waals surface area (Å²) in [7, 11) is 0. The Balaban J connectivity index is 0.000000163. The normalized spacial score (nSPS) is 13.6. The molecule has 12 heterocycles. The van der Waals surface area contributed by atoms with E-state index in [2.05, 4.69) is 324 Å². The summed E-state index contributed by atoms with van der Waals surface area (Å²) in [5.41, 5.74) is 16.1. The zero-order valence-corrected chi connectivity index (χ0v) is 71.7. The Morgan fingerprint density at radius 2 is 0.625 bits per heavy atom. The number of nitrogens with one attached hydrogen (secondary N) is 2. The van der Waals surface area contributed by atoms with Crippen LogP contribution in [0, 0.1) is 0 Å². The van der Waals surface area contributed by atoms with E-state index in [1.165, 1.54) is 91.6 Å². The third-order valence-corrected chi connectivity index (χ3v) is 26.2. The molecule has 0 aromatic carbocycles. The van der Waals surface area contributed by atoms with Crippen LogP contribution in [0.1, 0.15) is 314 Å². The summed E-state index contributed by atoms with van der Waals surface area (Å²) in [6.45, 7) is 80.7. The molecule has 2 N–H and O–H groups in total. The van der Waals surface area contributed by atoms with Crippen LogP contribution < -0.4 is 0 Å². The largest absolute Gasteiger partial charge is 0.463 e. The van der Waals surface area contributed by atoms with Gasteiger partial charge in [-0.05, 0) is 107 Å². The third kappa shape index (κ3) is 19.3. The van der Waals surface area contributed by atoms with Crippen molar-refractivity contribution in [1.82, 2.24) is 9.97 Å². The molecule has 0 bridgehead atoms. The van der Waals surface area contributed by atoms with Crippen LogP contribution in [0.15, 0.2) is 84.2 Å². The van der Waals surface area contributed by atoms with Gasteiger partial charge in [0.25, 0.3) is 0 Å². The summed E-state index contributed by atoms with van der Waals surface area (Å²) < 4.78 is 27.5. The number of hydrogen-bond acceptors (Lipinski definition) is 10. The Morgan fingerprint density at radius 3 is 1.01 bits per heavy atom. The highest BCUT2D eigenvalue weighted by molar-refractivity contribution is 7.28. The van der Waals surface area contributed by atoms with Gasteiger partial charge in [0.15, 0.2) is 5.58 Å². The first-order chi connectivity index (χ1) is 43.1. The van der Waals surface area contributed by atoms with E-state index in [0.717, 1.165) is 33.8 Å². The minimum Gasteiger partial charge on any atom is -0.463 e. The zero-order chi connectivity index (χ0) is 72.8. The quantitative estimate of drug-likeness (QED) is 0.159. The van der Waals surface area contributed by atoms with Gasteiger partial charge in [0, 0.05) is 94.6 Å². The lowest BCUT2D eigenvalue weighted by atomic mass is 9.86. The van der Waals surface area contributed by atoms with Crippen LogP contribution in [0.5, 0.6) is 0 Å². The molecule has 0 unspecified atom stereocenters. The summed E-state index contributed by atoms with van der Waals surface area (Å²) in [6.07, 6.45) is 1.93. The lowest BCUT2D eigenvalue weighted by Gasteiger charge is -2.17. The van der Waals surface area contributed by atoms with E-state index < -0.39 is 0 Å². The van der Waals surface area contributed by atoms with Crippen LogP contribution in [0.3, 0.4) is 0 Å². The summed E-state index contributed by atoms with van der Waals surface area (Å²) in [5, 5.41) is 6.93. The first kappa shape index (κ1) is 79.2. The van der Waals surface area contributed by atoms with E-state index in [4.69, 9.17) is 13.3 Å². The highest BCUT2D eigenvalue weighted by atomic mass is 32.1. The Kier molecular flexibility index (Phi) is 22.5. The van der Waals surface area contributed by atoms with Gasteiger partial charge >= 0.3 is 0 Å². The molecule has 0 amide bonds. The van der Waals surface area contributed by atoms with Gasteiger partial charge in [0.05, 0.1) is 31.4 Å². The molecule has 12 aromatic rings. The SMILES string of the molecule is CC(C)(C)c1cc2oc(C(C)(C)C)cc2[nH]1.CC(C)(C)c1cc2sc(C(C)(C)C)cc2[nH]1.CC(C)(C)c1cc2sc(C(C)(C)C)cc2o1.CC(C)(C)c1cc2sc(C(C)(C)C)cc2s1.CC(C)(C)c1csc2c(C(C)(C)C)coc12.CC(C)(C)c1csc2c(C(C)(C)C)csc12. The van der Waals surface area contributed by atoms with Crippen molar-refractivity contribution >= 4 is 140 Å². The van der Waals surface area contributed by atoms with Gasteiger partial charge < -0.3 is 23.2 Å². The zero-order valence-electron chi connectivity index (χ0n) is 66.0. The molecule has 0 radical (unpaired) electrons. The van der Waals surface area contributed by atoms with Gasteiger partial charge in [0.1, 0.15) is 22.7 Å². The van der Waals surface area contributed by atoms with E-state index in [1.807, 2.05) is 85.6 Å². The molecular formula is C84H122N2O3S7. The maximum atomic E-state index is 5.92. The van der Waals surface area contributed by atoms with Gasteiger partial charge in [0.2, 0.25) is 0 Å². The van der Waals surface area contributed by atoms with E-state index in [9.17, 15) is 0 Å². The van der Waals surface area contributed by atoms with Crippen LogP contribution in [-0.4, -0.2) is 9.97 Å². The van der Waals surface area contributed by atoms with Gasteiger partial charge in [-0.2, -0.15) is 0 Å². The molecule has 0 aliphatic carbocycles. The lowest BCUT2D eigenvalue weighted by molar-refractivity contribution is 0.430. The summed E-state index contributed by atoms with van der Waals surface area (Å²) >= 11 is 13.3. The minimum absolute atomic E-state index is 0.0712. The molecule has 5 nitrogen and oxygen atoms in total. The fourth-order valence-electron chi connectivity index (χ4n) is 10.3. The fraction of sp³-hybridized carbons (Fsp3) is 0.571. The fourth-order valence-corrected chi connectivity index (χ4v) is 19.7. The third-order valence-electron chi connectivity index (χ3n) is 16.9. The van der Waals surface area contributed by atoms with Crippen molar-refractivity contribution in [1.29, 1.82) is 0 Å². The summed E-state index contributed by atoms with van der Waals surface area (Å²) in [4.78, 5) is 12.8. The molecule has 0 aliphatic rings. The molecule has 528 valence electrons. The number of rotatable bonds is 0. The van der Waals surface area contributed by atoms with Gasteiger partial charge in [-0.1, -0.05) is 249 Å². The molecule has 12 heteroatoms. The number of aromatic nitrogens is 2. The van der Waals surface area contributed by atoms with E-state index in [1.54, 1.807) is 0 Å². The van der Waals surface area contributed by atoms with Crippen molar-refractivity contribution in [2.45, 2.75) is 314 Å². The Morgan fingerprint density at radius 1 is 0.271 bits per heavy atom. The topological polar surface area (TPSA) is 71.0 Å². The number of fused-ring (bicyclic) bond motifs is 6. The second-order valence-corrected chi connectivity index (χ2v) is 45.9. The first-order valence-electron chi connectivity index (χ1n) is 34.5. The van der Waals surface area contributed by atoms with Gasteiger partial charge in [-0.3, -0.25) is 0 Å². The van der Waals surface area contributed by atoms with E-state index in [0.29, 0.717) is 0 Å². The van der Waals surface area contributed by atoms with Crippen LogP contribution in [0.25, 0.3) is 60.7 Å². The number of thiophene rings is 7. The number of furan rings is 3. The Labute approximate surface area is 608 Å². The highest BCUT2D eigenvalue weighted by Crippen LogP contribution is 2.47. The second-order valence-electron chi connectivity index (χ2n) is 39.0. The van der Waals surface area contributed by atoms with E-state index in [-0.39, 0.29) is 65.0 Å². The molecule has 0 saturated carbocycles. The molecule has 0 atom stereocenters. The minimum atomic E-state index is 0.0712. The van der Waals surface area contributed by atoms with Crippen molar-refractivity contribution in [3.8, 4) is 0 Å². The molecule has 0 fully saturated rings. The van der Waals surface area contributed by atoms with E-state index >= 15 is 0 Å². The highest BCUT2D eigenvalue weighted by Gasteiger charge is 2.30. The molecule has 96 heavy (non-hydrogen) atoms. The number of hydrogen-bond donors (Lipinski definition) is 2. The Hall–Kier alpha value is -4.14. The second kappa shape index (κ2) is 27.3. The first-order valence-corrected chi connectivity index (χ1v) is 40.4. The molecule has 12 aromatic heterocycles. The van der Waals surface area contributed by atoms with Crippen molar-refractivity contribution in [3.05, 3.63) is 136 Å². The molecule has 0 saturated heterocycles. The maximum absolute atomic E-state index is 5.92. The summed E-state index contributed by atoms with van der Waals surface area (Å²) in [6, 6.07) is 18.0. The molecular weight excluding hydrogens is 1310 g/mol. The van der Waals surface area contributed by atoms with Crippen LogP contribution in [0.2, 0.25) is 0 Å². The average molecular weight is 1430 g/mol. The predicted octanol–water partition coefficient (Wildman–Crippen LogP) is 30.5. The van der Waals surface area contributed by atoms with Crippen molar-refractivity contribution in [3.63, 3.8) is 0 Å². The van der Waals surface area contributed by atoms with Crippen LogP contribution >= 0.6 is 79.4 Å². The monoisotopic (exact) mass is 1430 g/mol. The number of aromatic amines is 2. The average Bonchev–Trinajstić information content (AvgIpc) is 1.63. The van der Waals surface area contributed by atoms with Gasteiger partial charge in [-0.15, -0.1) is 79.4 Å².